The number of likely N-dealkylation sites (tertiary alicyclic amines) is 2. The molecule has 1 aromatic heterocycles. The van der Waals surface area contributed by atoms with Gasteiger partial charge >= 0.3 is 0 Å². The summed E-state index contributed by atoms with van der Waals surface area (Å²) < 4.78 is 1.54. The molecule has 4 rings (SSSR count). The number of hydrogen-bond donors (Lipinski definition) is 1. The first-order chi connectivity index (χ1) is 13.0. The molecule has 3 fully saturated rings. The van der Waals surface area contributed by atoms with Crippen LogP contribution in [0, 0.1) is 11.8 Å². The Morgan fingerprint density at radius 2 is 1.96 bits per heavy atom. The number of hydrogen-bond acceptors (Lipinski definition) is 5. The number of rotatable bonds is 5. The number of anilines is 1. The van der Waals surface area contributed by atoms with Crippen molar-refractivity contribution < 1.29 is 14.4 Å². The van der Waals surface area contributed by atoms with E-state index in [0.29, 0.717) is 44.5 Å². The number of nitrogens with zero attached hydrogens (tertiary/aromatic N) is 5. The second-order valence-electron chi connectivity index (χ2n) is 7.94. The Bertz CT molecular complexity index is 735. The monoisotopic (exact) mass is 374 g/mol. The Hall–Kier alpha value is -2.45. The lowest BCUT2D eigenvalue weighted by molar-refractivity contribution is -0.137. The van der Waals surface area contributed by atoms with Gasteiger partial charge in [0, 0.05) is 45.6 Å². The van der Waals surface area contributed by atoms with Gasteiger partial charge in [0.05, 0.1) is 5.92 Å². The van der Waals surface area contributed by atoms with E-state index in [1.807, 2.05) is 9.80 Å². The molecule has 3 aliphatic rings. The van der Waals surface area contributed by atoms with E-state index in [1.165, 1.54) is 11.0 Å². The SMILES string of the molecule is Cn1cnc(NC(=O)CC2CCN(C(=O)C3CC(=O)N(C4CC4)C3)CC2)n1. The van der Waals surface area contributed by atoms with E-state index < -0.39 is 0 Å². The van der Waals surface area contributed by atoms with Crippen LogP contribution in [0.3, 0.4) is 0 Å². The molecule has 1 atom stereocenters. The fourth-order valence-corrected chi connectivity index (χ4v) is 4.09. The zero-order valence-electron chi connectivity index (χ0n) is 15.6. The van der Waals surface area contributed by atoms with Gasteiger partial charge in [0.1, 0.15) is 6.33 Å². The van der Waals surface area contributed by atoms with E-state index in [9.17, 15) is 14.4 Å². The highest BCUT2D eigenvalue weighted by molar-refractivity contribution is 5.90. The molecule has 0 aromatic carbocycles. The molecular formula is C18H26N6O3. The molecule has 2 aliphatic heterocycles. The molecule has 3 amide bonds. The first kappa shape index (κ1) is 17.9. The summed E-state index contributed by atoms with van der Waals surface area (Å²) in [7, 11) is 1.75. The van der Waals surface area contributed by atoms with Crippen LogP contribution in [0.1, 0.15) is 38.5 Å². The van der Waals surface area contributed by atoms with Crippen molar-refractivity contribution in [3.8, 4) is 0 Å². The molecule has 0 bridgehead atoms. The Labute approximate surface area is 158 Å². The van der Waals surface area contributed by atoms with E-state index in [2.05, 4.69) is 15.4 Å². The van der Waals surface area contributed by atoms with Crippen molar-refractivity contribution in [2.75, 3.05) is 25.0 Å². The highest BCUT2D eigenvalue weighted by Gasteiger charge is 2.43. The molecule has 9 heteroatoms. The molecule has 0 radical (unpaired) electrons. The van der Waals surface area contributed by atoms with Crippen molar-refractivity contribution in [2.45, 2.75) is 44.6 Å². The van der Waals surface area contributed by atoms with Gasteiger partial charge in [-0.25, -0.2) is 4.98 Å². The lowest BCUT2D eigenvalue weighted by Gasteiger charge is -2.33. The summed E-state index contributed by atoms with van der Waals surface area (Å²) in [5.41, 5.74) is 0. The van der Waals surface area contributed by atoms with Gasteiger partial charge in [0.15, 0.2) is 0 Å². The van der Waals surface area contributed by atoms with Gasteiger partial charge in [-0.15, -0.1) is 5.10 Å². The number of carbonyl (C=O) groups is 3. The zero-order chi connectivity index (χ0) is 19.0. The second kappa shape index (κ2) is 7.28. The molecule has 1 unspecified atom stereocenters. The van der Waals surface area contributed by atoms with Gasteiger partial charge in [-0.05, 0) is 31.6 Å². The number of amides is 3. The molecule has 27 heavy (non-hydrogen) atoms. The van der Waals surface area contributed by atoms with Gasteiger partial charge in [0.2, 0.25) is 23.7 Å². The predicted octanol–water partition coefficient (Wildman–Crippen LogP) is 0.393. The van der Waals surface area contributed by atoms with Crippen LogP contribution < -0.4 is 5.32 Å². The molecule has 0 spiro atoms. The molecular weight excluding hydrogens is 348 g/mol. The third-order valence-corrected chi connectivity index (χ3v) is 5.75. The second-order valence-corrected chi connectivity index (χ2v) is 7.94. The molecule has 3 heterocycles. The van der Waals surface area contributed by atoms with Crippen LogP contribution in [0.2, 0.25) is 0 Å². The number of aryl methyl sites for hydroxylation is 1. The van der Waals surface area contributed by atoms with Gasteiger partial charge in [0.25, 0.3) is 0 Å². The summed E-state index contributed by atoms with van der Waals surface area (Å²) in [6.07, 6.45) is 6.08. The average molecular weight is 374 g/mol. The van der Waals surface area contributed by atoms with Crippen LogP contribution in [0.25, 0.3) is 0 Å². The smallest absolute Gasteiger partial charge is 0.248 e. The normalized spacial score (nSPS) is 23.7. The Morgan fingerprint density at radius 1 is 1.22 bits per heavy atom. The average Bonchev–Trinajstić information content (AvgIpc) is 3.30. The fraction of sp³-hybridized carbons (Fsp3) is 0.722. The van der Waals surface area contributed by atoms with E-state index in [-0.39, 0.29) is 29.6 Å². The van der Waals surface area contributed by atoms with Gasteiger partial charge in [-0.1, -0.05) is 0 Å². The number of nitrogens with one attached hydrogen (secondary N) is 1. The third-order valence-electron chi connectivity index (χ3n) is 5.75. The van der Waals surface area contributed by atoms with Crippen molar-refractivity contribution in [3.05, 3.63) is 6.33 Å². The number of carbonyl (C=O) groups excluding carboxylic acids is 3. The maximum absolute atomic E-state index is 12.8. The summed E-state index contributed by atoms with van der Waals surface area (Å²) in [5, 5.41) is 6.75. The number of piperidine rings is 1. The van der Waals surface area contributed by atoms with Crippen molar-refractivity contribution in [3.63, 3.8) is 0 Å². The van der Waals surface area contributed by atoms with Crippen LogP contribution in [0.15, 0.2) is 6.33 Å². The fourth-order valence-electron chi connectivity index (χ4n) is 4.09. The van der Waals surface area contributed by atoms with Gasteiger partial charge in [-0.2, -0.15) is 0 Å². The van der Waals surface area contributed by atoms with Gasteiger partial charge in [-0.3, -0.25) is 24.4 Å². The lowest BCUT2D eigenvalue weighted by atomic mass is 9.92. The zero-order valence-corrected chi connectivity index (χ0v) is 15.6. The highest BCUT2D eigenvalue weighted by Crippen LogP contribution is 2.33. The molecule has 1 aromatic rings. The van der Waals surface area contributed by atoms with Crippen molar-refractivity contribution >= 4 is 23.7 Å². The molecule has 9 nitrogen and oxygen atoms in total. The maximum Gasteiger partial charge on any atom is 0.248 e. The van der Waals surface area contributed by atoms with Crippen LogP contribution in [-0.2, 0) is 21.4 Å². The number of aromatic nitrogens is 3. The standard InChI is InChI=1S/C18H26N6O3/c1-22-11-19-18(21-22)20-15(25)8-12-4-6-23(7-5-12)17(27)13-9-16(26)24(10-13)14-2-3-14/h11-14H,2-10H2,1H3,(H,20,21,25). The summed E-state index contributed by atoms with van der Waals surface area (Å²) in [6.45, 7) is 1.90. The van der Waals surface area contributed by atoms with E-state index in [4.69, 9.17) is 0 Å². The quantitative estimate of drug-likeness (QED) is 0.804. The Kier molecular flexibility index (Phi) is 4.84. The third kappa shape index (κ3) is 4.12. The van der Waals surface area contributed by atoms with Crippen LogP contribution in [-0.4, -0.2) is 68.0 Å². The lowest BCUT2D eigenvalue weighted by Crippen LogP contribution is -2.43. The van der Waals surface area contributed by atoms with E-state index in [0.717, 1.165) is 25.7 Å². The molecule has 146 valence electrons. The van der Waals surface area contributed by atoms with Crippen LogP contribution in [0.5, 0.6) is 0 Å². The van der Waals surface area contributed by atoms with Gasteiger partial charge < -0.3 is 9.80 Å². The topological polar surface area (TPSA) is 100 Å². The summed E-state index contributed by atoms with van der Waals surface area (Å²) >= 11 is 0. The summed E-state index contributed by atoms with van der Waals surface area (Å²) in [4.78, 5) is 44.7. The van der Waals surface area contributed by atoms with Crippen LogP contribution >= 0.6 is 0 Å². The van der Waals surface area contributed by atoms with E-state index in [1.54, 1.807) is 7.05 Å². The summed E-state index contributed by atoms with van der Waals surface area (Å²) in [6, 6.07) is 0.383. The molecule has 1 aliphatic carbocycles. The summed E-state index contributed by atoms with van der Waals surface area (Å²) in [5.74, 6) is 0.533. The molecule has 1 N–H and O–H groups in total. The minimum absolute atomic E-state index is 0.0903. The maximum atomic E-state index is 12.8. The first-order valence-corrected chi connectivity index (χ1v) is 9.73. The first-order valence-electron chi connectivity index (χ1n) is 9.73. The molecule has 1 saturated carbocycles. The Balaban J connectivity index is 1.22. The minimum Gasteiger partial charge on any atom is -0.342 e. The minimum atomic E-state index is -0.187. The van der Waals surface area contributed by atoms with Crippen LogP contribution in [0.4, 0.5) is 5.95 Å². The predicted molar refractivity (Wildman–Crippen MR) is 96.4 cm³/mol. The largest absolute Gasteiger partial charge is 0.342 e. The highest BCUT2D eigenvalue weighted by atomic mass is 16.2. The Morgan fingerprint density at radius 3 is 2.59 bits per heavy atom. The van der Waals surface area contributed by atoms with Crippen molar-refractivity contribution in [1.82, 2.24) is 24.6 Å². The van der Waals surface area contributed by atoms with Crippen molar-refractivity contribution in [1.29, 1.82) is 0 Å². The van der Waals surface area contributed by atoms with E-state index >= 15 is 0 Å². The van der Waals surface area contributed by atoms with Crippen molar-refractivity contribution in [2.24, 2.45) is 18.9 Å². The molecule has 2 saturated heterocycles.